The molecule has 8 nitrogen and oxygen atoms in total. The van der Waals surface area contributed by atoms with E-state index in [2.05, 4.69) is 19.9 Å². The van der Waals surface area contributed by atoms with Crippen LogP contribution >= 0.6 is 0 Å². The fourth-order valence-corrected chi connectivity index (χ4v) is 6.16. The van der Waals surface area contributed by atoms with Crippen molar-refractivity contribution in [2.75, 3.05) is 39.3 Å². The lowest BCUT2D eigenvalue weighted by Crippen LogP contribution is -2.67. The van der Waals surface area contributed by atoms with Crippen LogP contribution in [0.25, 0.3) is 0 Å². The first-order valence-corrected chi connectivity index (χ1v) is 12.9. The van der Waals surface area contributed by atoms with Gasteiger partial charge in [-0.3, -0.25) is 9.88 Å². The van der Waals surface area contributed by atoms with Gasteiger partial charge >= 0.3 is 5.97 Å². The van der Waals surface area contributed by atoms with E-state index in [1.165, 1.54) is 18.8 Å². The van der Waals surface area contributed by atoms with Crippen molar-refractivity contribution in [1.82, 2.24) is 14.9 Å². The van der Waals surface area contributed by atoms with Crippen molar-refractivity contribution in [3.05, 3.63) is 54.5 Å². The molecule has 0 saturated carbocycles. The third-order valence-electron chi connectivity index (χ3n) is 8.28. The minimum atomic E-state index is -0.810. The highest BCUT2D eigenvalue weighted by Gasteiger charge is 2.50. The molecule has 0 radical (unpaired) electrons. The average molecular weight is 478 g/mol. The maximum atomic E-state index is 13.9. The van der Waals surface area contributed by atoms with Crippen molar-refractivity contribution >= 4 is 17.7 Å². The molecule has 2 atom stereocenters. The molecule has 4 fully saturated rings. The lowest BCUT2D eigenvalue weighted by atomic mass is 9.82. The van der Waals surface area contributed by atoms with Crippen molar-refractivity contribution in [3.8, 4) is 0 Å². The third-order valence-corrected chi connectivity index (χ3v) is 8.28. The molecule has 2 aromatic rings. The minimum absolute atomic E-state index is 0.168. The smallest absolute Gasteiger partial charge is 0.331 e. The lowest BCUT2D eigenvalue weighted by Gasteiger charge is -2.53. The number of benzene rings is 1. The van der Waals surface area contributed by atoms with Gasteiger partial charge in [-0.25, -0.2) is 14.8 Å². The molecular formula is C27H35N5O3. The molecule has 1 aromatic heterocycles. The molecule has 0 aliphatic carbocycles. The van der Waals surface area contributed by atoms with Gasteiger partial charge in [-0.1, -0.05) is 36.8 Å². The number of hydrogen-bond acceptors (Lipinski definition) is 7. The van der Waals surface area contributed by atoms with Crippen LogP contribution in [0.15, 0.2) is 53.9 Å². The van der Waals surface area contributed by atoms with Crippen molar-refractivity contribution < 1.29 is 19.1 Å². The van der Waals surface area contributed by atoms with E-state index >= 15 is 0 Å². The zero-order valence-electron chi connectivity index (χ0n) is 20.5. The molecule has 186 valence electrons. The van der Waals surface area contributed by atoms with E-state index in [1.807, 2.05) is 37.3 Å². The number of esters is 1. The molecule has 4 saturated heterocycles. The van der Waals surface area contributed by atoms with Crippen molar-refractivity contribution in [2.45, 2.75) is 50.7 Å². The standard InChI is InChI=1S/C27H35N5O3/c1-27(22-8-4-2-5-9-22,31-14-6-3-7-15-31)26(34)35-23-19-32(16-10-21(23)11-17-32)20-25(33)30-24-18-28-12-13-29-24/h2,4-5,8-9,12-13,18,21,23H,3,6-7,10-11,14-17,19-20H2,1H3/t21?,23-,27+,32?/m1/s1. The maximum absolute atomic E-state index is 13.9. The predicted molar refractivity (Wildman–Crippen MR) is 131 cm³/mol. The average Bonchev–Trinajstić information content (AvgIpc) is 2.90. The second-order valence-electron chi connectivity index (χ2n) is 10.5. The van der Waals surface area contributed by atoms with Gasteiger partial charge < -0.3 is 14.3 Å². The van der Waals surface area contributed by atoms with Gasteiger partial charge in [0.15, 0.2) is 11.9 Å². The molecule has 35 heavy (non-hydrogen) atoms. The number of aromatic nitrogens is 2. The number of quaternary nitrogens is 1. The van der Waals surface area contributed by atoms with Crippen LogP contribution in [0.2, 0.25) is 0 Å². The molecule has 0 N–H and O–H groups in total. The summed E-state index contributed by atoms with van der Waals surface area (Å²) < 4.78 is 6.99. The molecule has 0 unspecified atom stereocenters. The van der Waals surface area contributed by atoms with Gasteiger partial charge in [-0.2, -0.15) is 0 Å². The van der Waals surface area contributed by atoms with Crippen LogP contribution in [-0.2, 0) is 15.1 Å². The summed E-state index contributed by atoms with van der Waals surface area (Å²) in [5.74, 6) is 0.328. The number of aliphatic imine (C=N–C) groups is 1. The molecular weight excluding hydrogens is 442 g/mol. The second-order valence-corrected chi connectivity index (χ2v) is 10.5. The summed E-state index contributed by atoms with van der Waals surface area (Å²) in [5, 5.41) is 12.8. The summed E-state index contributed by atoms with van der Waals surface area (Å²) in [5.41, 5.74) is 0.172. The lowest BCUT2D eigenvalue weighted by molar-refractivity contribution is -0.940. The first kappa shape index (κ1) is 23.9. The minimum Gasteiger partial charge on any atom is -0.858 e. The number of fused-ring (bicyclic) bond motifs is 3. The number of likely N-dealkylation sites (tertiary alicyclic amines) is 1. The fraction of sp³-hybridized carbons (Fsp3) is 0.556. The normalized spacial score (nSPS) is 28.9. The van der Waals surface area contributed by atoms with E-state index in [0.29, 0.717) is 29.3 Å². The third kappa shape index (κ3) is 4.95. The highest BCUT2D eigenvalue weighted by molar-refractivity contribution is 5.82. The Kier molecular flexibility index (Phi) is 6.84. The molecule has 5 heterocycles. The Morgan fingerprint density at radius 2 is 1.91 bits per heavy atom. The molecule has 0 spiro atoms. The van der Waals surface area contributed by atoms with Gasteiger partial charge in [-0.05, 0) is 38.4 Å². The van der Waals surface area contributed by atoms with Crippen LogP contribution in [0.3, 0.4) is 0 Å². The molecule has 0 amide bonds. The SMILES string of the molecule is C[C@@](C(=O)O[C@@H]1C[N+]2(CC([O-])=Nc3cnccn3)CCC1CC2)(c1ccccc1)N1CCCCC1. The van der Waals surface area contributed by atoms with Crippen molar-refractivity contribution in [3.63, 3.8) is 0 Å². The van der Waals surface area contributed by atoms with E-state index in [9.17, 15) is 9.90 Å². The number of nitrogens with zero attached hydrogens (tertiary/aromatic N) is 5. The Hall–Kier alpha value is -2.84. The molecule has 6 rings (SSSR count). The van der Waals surface area contributed by atoms with Crippen molar-refractivity contribution in [2.24, 2.45) is 10.9 Å². The predicted octanol–water partition coefficient (Wildman–Crippen LogP) is 2.42. The van der Waals surface area contributed by atoms with E-state index < -0.39 is 5.54 Å². The Morgan fingerprint density at radius 1 is 1.17 bits per heavy atom. The highest BCUT2D eigenvalue weighted by Crippen LogP contribution is 2.38. The van der Waals surface area contributed by atoms with Gasteiger partial charge in [0.2, 0.25) is 0 Å². The molecule has 2 bridgehead atoms. The van der Waals surface area contributed by atoms with E-state index in [1.54, 1.807) is 6.20 Å². The van der Waals surface area contributed by atoms with Gasteiger partial charge in [0.05, 0.1) is 19.3 Å². The maximum Gasteiger partial charge on any atom is 0.331 e. The highest BCUT2D eigenvalue weighted by atomic mass is 16.5. The Bertz CT molecular complexity index is 1030. The Labute approximate surface area is 207 Å². The molecule has 4 aliphatic heterocycles. The Morgan fingerprint density at radius 3 is 2.60 bits per heavy atom. The monoisotopic (exact) mass is 477 g/mol. The number of piperidine rings is 4. The summed E-state index contributed by atoms with van der Waals surface area (Å²) in [6.45, 7) is 6.62. The number of hydrogen-bond donors (Lipinski definition) is 0. The molecule has 4 aliphatic rings. The number of carbonyl (C=O) groups is 1. The van der Waals surface area contributed by atoms with Crippen LogP contribution in [0.4, 0.5) is 5.82 Å². The number of rotatable bonds is 7. The van der Waals surface area contributed by atoms with E-state index in [0.717, 1.165) is 57.4 Å². The quantitative estimate of drug-likeness (QED) is 0.263. The largest absolute Gasteiger partial charge is 0.858 e. The van der Waals surface area contributed by atoms with Crippen LogP contribution in [0.5, 0.6) is 0 Å². The first-order chi connectivity index (χ1) is 17.0. The number of carbonyl (C=O) groups excluding carboxylic acids is 1. The van der Waals surface area contributed by atoms with Gasteiger partial charge in [0, 0.05) is 37.1 Å². The van der Waals surface area contributed by atoms with Gasteiger partial charge in [0.25, 0.3) is 0 Å². The van der Waals surface area contributed by atoms with Crippen LogP contribution in [0.1, 0.15) is 44.6 Å². The summed E-state index contributed by atoms with van der Waals surface area (Å²) >= 11 is 0. The zero-order chi connectivity index (χ0) is 24.3. The fourth-order valence-electron chi connectivity index (χ4n) is 6.16. The van der Waals surface area contributed by atoms with Crippen LogP contribution in [0, 0.1) is 5.92 Å². The van der Waals surface area contributed by atoms with Gasteiger partial charge in [-0.15, -0.1) is 0 Å². The number of ether oxygens (including phenoxy) is 1. The summed E-state index contributed by atoms with van der Waals surface area (Å²) in [7, 11) is 0. The molecule has 8 heteroatoms. The zero-order valence-corrected chi connectivity index (χ0v) is 20.5. The summed E-state index contributed by atoms with van der Waals surface area (Å²) in [6, 6.07) is 10.0. The Balaban J connectivity index is 1.33. The topological polar surface area (TPSA) is 90.7 Å². The second kappa shape index (κ2) is 10.0. The molecule has 1 aromatic carbocycles. The van der Waals surface area contributed by atoms with E-state index in [4.69, 9.17) is 4.74 Å². The summed E-state index contributed by atoms with van der Waals surface area (Å²) in [6.07, 6.45) is 9.73. The van der Waals surface area contributed by atoms with Crippen molar-refractivity contribution in [1.29, 1.82) is 0 Å². The van der Waals surface area contributed by atoms with Crippen LogP contribution in [-0.4, -0.2) is 76.6 Å². The summed E-state index contributed by atoms with van der Waals surface area (Å²) in [4.78, 5) is 28.4. The van der Waals surface area contributed by atoms with Gasteiger partial charge in [0.1, 0.15) is 18.6 Å². The van der Waals surface area contributed by atoms with E-state index in [-0.39, 0.29) is 18.0 Å². The first-order valence-electron chi connectivity index (χ1n) is 12.9. The van der Waals surface area contributed by atoms with Crippen LogP contribution < -0.4 is 5.11 Å².